The van der Waals surface area contributed by atoms with Crippen LogP contribution in [0.5, 0.6) is 0 Å². The number of nitrogens with zero attached hydrogens (tertiary/aromatic N) is 3. The highest BCUT2D eigenvalue weighted by Gasteiger charge is 2.43. The van der Waals surface area contributed by atoms with Crippen LogP contribution in [-0.2, 0) is 33.5 Å². The van der Waals surface area contributed by atoms with Gasteiger partial charge in [0.05, 0.1) is 19.1 Å². The highest BCUT2D eigenvalue weighted by molar-refractivity contribution is 5.96. The second-order valence-corrected chi connectivity index (χ2v) is 11.9. The Morgan fingerprint density at radius 2 is 1.63 bits per heavy atom. The standard InChI is InChI=1S/C29H49N5O9/c1-8-17(4)23-28(41)33(7)24(16(2)3)29(42)32(6)18(5)25(38)30-12-11-22(37)43-21(14-19(36)15-35)27(40)34-13-9-10-20(34)26(39)31-23/h16-21,23-24,35-36H,8-15H2,1-7H3,(H,30,38)(H,31,39)/t17-,18+,19-,20-,21-,23-,24-/m0/s1. The van der Waals surface area contributed by atoms with Gasteiger partial charge in [0.2, 0.25) is 23.6 Å². The molecule has 244 valence electrons. The van der Waals surface area contributed by atoms with Gasteiger partial charge in [-0.1, -0.05) is 34.1 Å². The van der Waals surface area contributed by atoms with Gasteiger partial charge in [0.15, 0.2) is 6.10 Å². The molecule has 2 saturated heterocycles. The summed E-state index contributed by atoms with van der Waals surface area (Å²) in [5.41, 5.74) is 0. The van der Waals surface area contributed by atoms with Gasteiger partial charge in [-0.2, -0.15) is 0 Å². The molecule has 0 aromatic rings. The molecule has 2 rings (SSSR count). The molecule has 0 aromatic heterocycles. The van der Waals surface area contributed by atoms with Gasteiger partial charge < -0.3 is 40.3 Å². The van der Waals surface area contributed by atoms with Crippen LogP contribution < -0.4 is 10.6 Å². The number of nitrogens with one attached hydrogen (secondary N) is 2. The summed E-state index contributed by atoms with van der Waals surface area (Å²) in [6.07, 6.45) is -2.21. The van der Waals surface area contributed by atoms with E-state index in [4.69, 9.17) is 4.74 Å². The van der Waals surface area contributed by atoms with Gasteiger partial charge in [0.25, 0.3) is 5.91 Å². The summed E-state index contributed by atoms with van der Waals surface area (Å²) in [6, 6.07) is -3.84. The van der Waals surface area contributed by atoms with Crippen molar-refractivity contribution < 1.29 is 43.7 Å². The van der Waals surface area contributed by atoms with Crippen LogP contribution in [0.1, 0.15) is 66.7 Å². The van der Waals surface area contributed by atoms with Crippen molar-refractivity contribution in [3.63, 3.8) is 0 Å². The molecule has 0 spiro atoms. The van der Waals surface area contributed by atoms with Crippen molar-refractivity contribution in [2.45, 2.75) is 103 Å². The summed E-state index contributed by atoms with van der Waals surface area (Å²) in [6.45, 7) is 8.14. The van der Waals surface area contributed by atoms with Gasteiger partial charge in [-0.25, -0.2) is 0 Å². The average Bonchev–Trinajstić information content (AvgIpc) is 3.46. The quantitative estimate of drug-likeness (QED) is 0.274. The van der Waals surface area contributed by atoms with Crippen molar-refractivity contribution in [2.75, 3.05) is 33.8 Å². The molecule has 0 bridgehead atoms. The lowest BCUT2D eigenvalue weighted by Gasteiger charge is -2.38. The Morgan fingerprint density at radius 1 is 0.977 bits per heavy atom. The van der Waals surface area contributed by atoms with E-state index in [0.29, 0.717) is 19.3 Å². The van der Waals surface area contributed by atoms with E-state index >= 15 is 0 Å². The predicted octanol–water partition coefficient (Wildman–Crippen LogP) is -0.987. The second-order valence-electron chi connectivity index (χ2n) is 11.9. The first-order valence-corrected chi connectivity index (χ1v) is 15.1. The molecule has 14 heteroatoms. The van der Waals surface area contributed by atoms with Crippen LogP contribution in [0.25, 0.3) is 0 Å². The number of carbonyl (C=O) groups excluding carboxylic acids is 6. The normalized spacial score (nSPS) is 28.9. The Bertz CT molecular complexity index is 1040. The minimum absolute atomic E-state index is 0.148. The monoisotopic (exact) mass is 611 g/mol. The first kappa shape index (κ1) is 35.9. The number of hydrogen-bond donors (Lipinski definition) is 4. The van der Waals surface area contributed by atoms with E-state index in [0.717, 1.165) is 0 Å². The molecule has 0 radical (unpaired) electrons. The Morgan fingerprint density at radius 3 is 2.21 bits per heavy atom. The number of rotatable bonds is 6. The highest BCUT2D eigenvalue weighted by atomic mass is 16.5. The summed E-state index contributed by atoms with van der Waals surface area (Å²) in [4.78, 5) is 84.1. The molecule has 4 N–H and O–H groups in total. The number of aliphatic hydroxyl groups excluding tert-OH is 2. The van der Waals surface area contributed by atoms with Crippen molar-refractivity contribution in [3.05, 3.63) is 0 Å². The number of hydrogen-bond acceptors (Lipinski definition) is 9. The molecule has 0 saturated carbocycles. The molecule has 14 nitrogen and oxygen atoms in total. The van der Waals surface area contributed by atoms with Crippen LogP contribution in [0.2, 0.25) is 0 Å². The lowest BCUT2D eigenvalue weighted by atomic mass is 9.94. The fourth-order valence-electron chi connectivity index (χ4n) is 5.42. The number of ether oxygens (including phenoxy) is 1. The van der Waals surface area contributed by atoms with Crippen molar-refractivity contribution in [2.24, 2.45) is 11.8 Å². The van der Waals surface area contributed by atoms with Crippen LogP contribution in [0.15, 0.2) is 0 Å². The first-order valence-electron chi connectivity index (χ1n) is 15.1. The summed E-state index contributed by atoms with van der Waals surface area (Å²) >= 11 is 0. The molecule has 2 fully saturated rings. The van der Waals surface area contributed by atoms with Crippen LogP contribution in [0.4, 0.5) is 0 Å². The topological polar surface area (TPSA) is 186 Å². The number of aliphatic hydroxyl groups is 2. The highest BCUT2D eigenvalue weighted by Crippen LogP contribution is 2.23. The third-order valence-corrected chi connectivity index (χ3v) is 8.45. The maximum Gasteiger partial charge on any atom is 0.308 e. The molecule has 0 aliphatic carbocycles. The van der Waals surface area contributed by atoms with E-state index in [-0.39, 0.29) is 31.3 Å². The van der Waals surface area contributed by atoms with E-state index in [9.17, 15) is 39.0 Å². The number of esters is 1. The molecule has 43 heavy (non-hydrogen) atoms. The molecular formula is C29H49N5O9. The lowest BCUT2D eigenvalue weighted by molar-refractivity contribution is -0.163. The summed E-state index contributed by atoms with van der Waals surface area (Å²) in [7, 11) is 2.96. The van der Waals surface area contributed by atoms with Gasteiger partial charge >= 0.3 is 5.97 Å². The molecule has 0 unspecified atom stereocenters. The van der Waals surface area contributed by atoms with Gasteiger partial charge in [-0.3, -0.25) is 28.8 Å². The largest absolute Gasteiger partial charge is 0.452 e. The maximum absolute atomic E-state index is 13.9. The summed E-state index contributed by atoms with van der Waals surface area (Å²) in [5.74, 6) is -4.22. The number of fused-ring (bicyclic) bond motifs is 1. The number of cyclic esters (lactones) is 1. The van der Waals surface area contributed by atoms with Crippen molar-refractivity contribution in [1.82, 2.24) is 25.3 Å². The maximum atomic E-state index is 13.9. The fraction of sp³-hybridized carbons (Fsp3) is 0.793. The third kappa shape index (κ3) is 8.88. The van der Waals surface area contributed by atoms with Gasteiger partial charge in [0, 0.05) is 33.6 Å². The second kappa shape index (κ2) is 16.0. The number of likely N-dealkylation sites (N-methyl/N-ethyl adjacent to an activating group) is 2. The molecule has 2 aliphatic rings. The Hall–Kier alpha value is -3.26. The minimum atomic E-state index is -1.48. The zero-order valence-electron chi connectivity index (χ0n) is 26.4. The molecule has 7 atom stereocenters. The van der Waals surface area contributed by atoms with E-state index in [1.165, 1.54) is 35.7 Å². The number of carbonyl (C=O) groups is 6. The lowest BCUT2D eigenvalue weighted by Crippen LogP contribution is -2.60. The van der Waals surface area contributed by atoms with E-state index in [1.807, 2.05) is 6.92 Å². The zero-order chi connectivity index (χ0) is 32.6. The van der Waals surface area contributed by atoms with Crippen LogP contribution in [-0.4, -0.2) is 131 Å². The van der Waals surface area contributed by atoms with Crippen LogP contribution in [0.3, 0.4) is 0 Å². The van der Waals surface area contributed by atoms with Crippen molar-refractivity contribution in [1.29, 1.82) is 0 Å². The first-order chi connectivity index (χ1) is 20.2. The number of amides is 5. The molecule has 5 amide bonds. The van der Waals surface area contributed by atoms with Gasteiger partial charge in [0.1, 0.15) is 24.2 Å². The summed E-state index contributed by atoms with van der Waals surface area (Å²) in [5, 5.41) is 24.8. The van der Waals surface area contributed by atoms with E-state index in [2.05, 4.69) is 10.6 Å². The minimum Gasteiger partial charge on any atom is -0.452 e. The third-order valence-electron chi connectivity index (χ3n) is 8.45. The zero-order valence-corrected chi connectivity index (χ0v) is 26.4. The molecule has 2 aliphatic heterocycles. The van der Waals surface area contributed by atoms with E-state index in [1.54, 1.807) is 20.8 Å². The SMILES string of the molecule is CC[C@H](C)[C@@H]1NC(=O)[C@@H]2CCCN2C(=O)[C@H](C[C@H](O)CO)OC(=O)CCNC(=O)[C@@H](C)N(C)C(=O)[C@H](C(C)C)N(C)C1=O. The Labute approximate surface area is 253 Å². The summed E-state index contributed by atoms with van der Waals surface area (Å²) < 4.78 is 5.38. The smallest absolute Gasteiger partial charge is 0.308 e. The van der Waals surface area contributed by atoms with Crippen molar-refractivity contribution >= 4 is 35.5 Å². The predicted molar refractivity (Wildman–Crippen MR) is 155 cm³/mol. The average molecular weight is 612 g/mol. The fourth-order valence-corrected chi connectivity index (χ4v) is 5.42. The van der Waals surface area contributed by atoms with Crippen molar-refractivity contribution in [3.8, 4) is 0 Å². The van der Waals surface area contributed by atoms with Crippen LogP contribution >= 0.6 is 0 Å². The van der Waals surface area contributed by atoms with E-state index < -0.39 is 84.9 Å². The Kier molecular flexibility index (Phi) is 13.4. The Balaban J connectivity index is 2.54. The molecule has 0 aromatic carbocycles. The van der Waals surface area contributed by atoms with Crippen LogP contribution in [0, 0.1) is 11.8 Å². The van der Waals surface area contributed by atoms with Gasteiger partial charge in [-0.05, 0) is 31.6 Å². The van der Waals surface area contributed by atoms with Gasteiger partial charge in [-0.15, -0.1) is 0 Å². The molecule has 2 heterocycles. The molecular weight excluding hydrogens is 562 g/mol.